The van der Waals surface area contributed by atoms with Crippen LogP contribution in [0.1, 0.15) is 6.42 Å². The highest BCUT2D eigenvalue weighted by atomic mass is 35.5. The molecule has 2 rings (SSSR count). The highest BCUT2D eigenvalue weighted by molar-refractivity contribution is 6.43. The van der Waals surface area contributed by atoms with Crippen molar-refractivity contribution >= 4 is 40.5 Å². The van der Waals surface area contributed by atoms with Gasteiger partial charge in [-0.3, -0.25) is 0 Å². The Morgan fingerprint density at radius 1 is 0.900 bits per heavy atom. The third-order valence-corrected chi connectivity index (χ3v) is 3.67. The van der Waals surface area contributed by atoms with Crippen molar-refractivity contribution in [3.63, 3.8) is 0 Å². The summed E-state index contributed by atoms with van der Waals surface area (Å²) < 4.78 is 5.60. The molecule has 0 saturated carbocycles. The van der Waals surface area contributed by atoms with Gasteiger partial charge < -0.3 is 10.1 Å². The number of rotatable bonds is 6. The molecule has 2 nitrogen and oxygen atoms in total. The first kappa shape index (κ1) is 15.3. The van der Waals surface area contributed by atoms with Gasteiger partial charge in [-0.25, -0.2) is 0 Å². The highest BCUT2D eigenvalue weighted by Crippen LogP contribution is 2.33. The first-order valence-electron chi connectivity index (χ1n) is 6.23. The Morgan fingerprint density at radius 2 is 1.60 bits per heavy atom. The van der Waals surface area contributed by atoms with E-state index < -0.39 is 0 Å². The molecule has 0 aromatic heterocycles. The zero-order valence-corrected chi connectivity index (χ0v) is 13.0. The second-order valence-electron chi connectivity index (χ2n) is 4.19. The van der Waals surface area contributed by atoms with Gasteiger partial charge in [0.1, 0.15) is 5.75 Å². The Morgan fingerprint density at radius 3 is 2.35 bits per heavy atom. The van der Waals surface area contributed by atoms with Gasteiger partial charge in [-0.1, -0.05) is 53.0 Å². The Kier molecular flexibility index (Phi) is 5.84. The maximum atomic E-state index is 6.03. The topological polar surface area (TPSA) is 21.3 Å². The fourth-order valence-corrected chi connectivity index (χ4v) is 2.25. The average molecular weight is 331 g/mol. The molecule has 0 atom stereocenters. The number of para-hydroxylation sites is 1. The van der Waals surface area contributed by atoms with Crippen LogP contribution in [0, 0.1) is 0 Å². The first-order valence-corrected chi connectivity index (χ1v) is 7.36. The first-order chi connectivity index (χ1) is 9.66. The van der Waals surface area contributed by atoms with E-state index >= 15 is 0 Å². The standard InChI is InChI=1S/C15H14Cl3NO/c16-12-9-14(18)15(10-13(12)17)20-8-4-7-19-11-5-2-1-3-6-11/h1-3,5-6,9-10,19H,4,7-8H2. The number of benzene rings is 2. The minimum atomic E-state index is 0.426. The summed E-state index contributed by atoms with van der Waals surface area (Å²) in [6.07, 6.45) is 0.853. The number of nitrogens with one attached hydrogen (secondary N) is 1. The van der Waals surface area contributed by atoms with Crippen molar-refractivity contribution in [1.29, 1.82) is 0 Å². The van der Waals surface area contributed by atoms with E-state index in [2.05, 4.69) is 5.32 Å². The molecule has 0 bridgehead atoms. The monoisotopic (exact) mass is 329 g/mol. The molecule has 0 unspecified atom stereocenters. The Balaban J connectivity index is 1.75. The summed E-state index contributed by atoms with van der Waals surface area (Å²) in [5, 5.41) is 4.64. The summed E-state index contributed by atoms with van der Waals surface area (Å²) >= 11 is 17.8. The molecule has 2 aromatic carbocycles. The molecule has 106 valence electrons. The lowest BCUT2D eigenvalue weighted by atomic mass is 10.3. The molecule has 0 aliphatic carbocycles. The molecule has 1 N–H and O–H groups in total. The molecule has 0 spiro atoms. The lowest BCUT2D eigenvalue weighted by Crippen LogP contribution is -2.07. The maximum absolute atomic E-state index is 6.03. The van der Waals surface area contributed by atoms with Crippen LogP contribution in [0.5, 0.6) is 5.75 Å². The van der Waals surface area contributed by atoms with Crippen molar-refractivity contribution < 1.29 is 4.74 Å². The molecular weight excluding hydrogens is 317 g/mol. The predicted molar refractivity (Wildman–Crippen MR) is 86.5 cm³/mol. The normalized spacial score (nSPS) is 10.3. The lowest BCUT2D eigenvalue weighted by molar-refractivity contribution is 0.315. The second kappa shape index (κ2) is 7.63. The molecule has 0 aliphatic rings. The summed E-state index contributed by atoms with van der Waals surface area (Å²) in [5.41, 5.74) is 1.10. The van der Waals surface area contributed by atoms with Crippen LogP contribution in [0.3, 0.4) is 0 Å². The molecular formula is C15H14Cl3NO. The number of hydrogen-bond donors (Lipinski definition) is 1. The molecule has 0 saturated heterocycles. The molecule has 20 heavy (non-hydrogen) atoms. The zero-order chi connectivity index (χ0) is 14.4. The largest absolute Gasteiger partial charge is 0.492 e. The Labute approximate surface area is 133 Å². The van der Waals surface area contributed by atoms with E-state index in [0.717, 1.165) is 18.7 Å². The molecule has 5 heteroatoms. The summed E-state index contributed by atoms with van der Waals surface area (Å²) in [6, 6.07) is 13.2. The lowest BCUT2D eigenvalue weighted by Gasteiger charge is -2.10. The minimum Gasteiger partial charge on any atom is -0.492 e. The van der Waals surface area contributed by atoms with Gasteiger partial charge in [0, 0.05) is 18.3 Å². The minimum absolute atomic E-state index is 0.426. The Hall–Kier alpha value is -1.09. The van der Waals surface area contributed by atoms with Gasteiger partial charge in [-0.05, 0) is 24.6 Å². The third kappa shape index (κ3) is 4.48. The zero-order valence-electron chi connectivity index (χ0n) is 10.7. The van der Waals surface area contributed by atoms with Crippen molar-refractivity contribution in [2.45, 2.75) is 6.42 Å². The van der Waals surface area contributed by atoms with Gasteiger partial charge in [0.15, 0.2) is 0 Å². The number of ether oxygens (including phenoxy) is 1. The van der Waals surface area contributed by atoms with Crippen LogP contribution < -0.4 is 10.1 Å². The van der Waals surface area contributed by atoms with Crippen molar-refractivity contribution in [3.05, 3.63) is 57.5 Å². The van der Waals surface area contributed by atoms with Crippen molar-refractivity contribution in [2.75, 3.05) is 18.5 Å². The summed E-state index contributed by atoms with van der Waals surface area (Å²) in [4.78, 5) is 0. The molecule has 0 heterocycles. The van der Waals surface area contributed by atoms with Gasteiger partial charge in [0.2, 0.25) is 0 Å². The molecule has 0 fully saturated rings. The summed E-state index contributed by atoms with van der Waals surface area (Å²) in [7, 11) is 0. The van der Waals surface area contributed by atoms with Gasteiger partial charge in [-0.15, -0.1) is 0 Å². The van der Waals surface area contributed by atoms with Crippen LogP contribution in [-0.2, 0) is 0 Å². The van der Waals surface area contributed by atoms with Gasteiger partial charge in [0.05, 0.1) is 21.7 Å². The fraction of sp³-hybridized carbons (Fsp3) is 0.200. The van der Waals surface area contributed by atoms with Gasteiger partial charge >= 0.3 is 0 Å². The third-order valence-electron chi connectivity index (χ3n) is 2.66. The van der Waals surface area contributed by atoms with Crippen molar-refractivity contribution in [3.8, 4) is 5.75 Å². The quantitative estimate of drug-likeness (QED) is 0.555. The SMILES string of the molecule is Clc1cc(Cl)c(OCCCNc2ccccc2)cc1Cl. The van der Waals surface area contributed by atoms with Gasteiger partial charge in [0.25, 0.3) is 0 Å². The van der Waals surface area contributed by atoms with E-state index in [0.29, 0.717) is 27.4 Å². The van der Waals surface area contributed by atoms with E-state index in [-0.39, 0.29) is 0 Å². The van der Waals surface area contributed by atoms with E-state index in [1.54, 1.807) is 12.1 Å². The van der Waals surface area contributed by atoms with Crippen LogP contribution in [0.2, 0.25) is 15.1 Å². The van der Waals surface area contributed by atoms with E-state index in [1.807, 2.05) is 30.3 Å². The summed E-state index contributed by atoms with van der Waals surface area (Å²) in [6.45, 7) is 1.38. The average Bonchev–Trinajstić information content (AvgIpc) is 2.45. The number of halogens is 3. The second-order valence-corrected chi connectivity index (χ2v) is 5.41. The van der Waals surface area contributed by atoms with Crippen molar-refractivity contribution in [2.24, 2.45) is 0 Å². The molecule has 0 radical (unpaired) electrons. The van der Waals surface area contributed by atoms with Crippen LogP contribution >= 0.6 is 34.8 Å². The molecule has 0 aliphatic heterocycles. The predicted octanol–water partition coefficient (Wildman–Crippen LogP) is 5.53. The van der Waals surface area contributed by atoms with E-state index in [9.17, 15) is 0 Å². The van der Waals surface area contributed by atoms with Crippen molar-refractivity contribution in [1.82, 2.24) is 0 Å². The number of hydrogen-bond acceptors (Lipinski definition) is 2. The van der Waals surface area contributed by atoms with Crippen LogP contribution in [0.4, 0.5) is 5.69 Å². The maximum Gasteiger partial charge on any atom is 0.139 e. The van der Waals surface area contributed by atoms with E-state index in [1.165, 1.54) is 0 Å². The van der Waals surface area contributed by atoms with Crippen LogP contribution in [0.25, 0.3) is 0 Å². The number of anilines is 1. The fourth-order valence-electron chi connectivity index (χ4n) is 1.66. The van der Waals surface area contributed by atoms with E-state index in [4.69, 9.17) is 39.5 Å². The smallest absolute Gasteiger partial charge is 0.139 e. The van der Waals surface area contributed by atoms with Gasteiger partial charge in [-0.2, -0.15) is 0 Å². The molecule has 2 aromatic rings. The molecule has 0 amide bonds. The van der Waals surface area contributed by atoms with Crippen LogP contribution in [-0.4, -0.2) is 13.2 Å². The van der Waals surface area contributed by atoms with Crippen LogP contribution in [0.15, 0.2) is 42.5 Å². The summed E-state index contributed by atoms with van der Waals surface area (Å²) in [5.74, 6) is 0.556. The highest BCUT2D eigenvalue weighted by Gasteiger charge is 2.06. The Bertz CT molecular complexity index is 561.